The third-order valence-corrected chi connectivity index (χ3v) is 6.46. The van der Waals surface area contributed by atoms with Crippen molar-refractivity contribution in [1.82, 2.24) is 29.3 Å². The Bertz CT molecular complexity index is 1170. The smallest absolute Gasteiger partial charge is 0.200 e. The molecular weight excluding hydrogens is 444 g/mol. The summed E-state index contributed by atoms with van der Waals surface area (Å²) in [7, 11) is 1.67. The fourth-order valence-corrected chi connectivity index (χ4v) is 4.72. The minimum atomic E-state index is -0.383. The maximum Gasteiger partial charge on any atom is 0.200 e. The third-order valence-electron chi connectivity index (χ3n) is 5.84. The lowest BCUT2D eigenvalue weighted by Gasteiger charge is -2.38. The number of ether oxygens (including phenoxy) is 1. The first-order valence-electron chi connectivity index (χ1n) is 9.81. The summed E-state index contributed by atoms with van der Waals surface area (Å²) in [5, 5.41) is 4.92. The number of methoxy groups -OCH3 is 1. The van der Waals surface area contributed by atoms with Crippen molar-refractivity contribution >= 4 is 15.9 Å². The first kappa shape index (κ1) is 19.0. The van der Waals surface area contributed by atoms with Crippen molar-refractivity contribution in [3.63, 3.8) is 0 Å². The highest BCUT2D eigenvalue weighted by molar-refractivity contribution is 9.10. The van der Waals surface area contributed by atoms with Crippen LogP contribution in [0.25, 0.3) is 11.5 Å². The molecule has 0 N–H and O–H groups in total. The highest BCUT2D eigenvalue weighted by Crippen LogP contribution is 2.42. The second-order valence-corrected chi connectivity index (χ2v) is 8.45. The highest BCUT2D eigenvalue weighted by Gasteiger charge is 2.40. The summed E-state index contributed by atoms with van der Waals surface area (Å²) in [6, 6.07) is 12.0. The van der Waals surface area contributed by atoms with Gasteiger partial charge in [-0.3, -0.25) is 4.98 Å². The lowest BCUT2D eigenvalue weighted by atomic mass is 9.86. The number of pyridine rings is 1. The molecule has 0 amide bonds. The van der Waals surface area contributed by atoms with Crippen molar-refractivity contribution < 1.29 is 4.74 Å². The summed E-state index contributed by atoms with van der Waals surface area (Å²) < 4.78 is 10.5. The van der Waals surface area contributed by atoms with Gasteiger partial charge >= 0.3 is 0 Å². The molecule has 0 bridgehead atoms. The van der Waals surface area contributed by atoms with Crippen LogP contribution in [0.15, 0.2) is 65.8 Å². The average Bonchev–Trinajstić information content (AvgIpc) is 3.46. The van der Waals surface area contributed by atoms with Crippen molar-refractivity contribution in [2.24, 2.45) is 0 Å². The second kappa shape index (κ2) is 7.36. The molecule has 1 aromatic carbocycles. The molecule has 2 atom stereocenters. The van der Waals surface area contributed by atoms with Crippen molar-refractivity contribution in [3.05, 3.63) is 77.2 Å². The fraction of sp³-hybridized carbons (Fsp3) is 0.273. The molecule has 4 heterocycles. The van der Waals surface area contributed by atoms with Crippen LogP contribution in [0.3, 0.4) is 0 Å². The molecule has 0 aliphatic carbocycles. The maximum absolute atomic E-state index is 5.40. The zero-order chi connectivity index (χ0) is 20.7. The van der Waals surface area contributed by atoms with E-state index >= 15 is 0 Å². The average molecular weight is 465 g/mol. The largest absolute Gasteiger partial charge is 0.496 e. The molecule has 3 aromatic heterocycles. The van der Waals surface area contributed by atoms with Gasteiger partial charge in [-0.1, -0.05) is 12.1 Å². The number of aromatic nitrogens is 6. The third kappa shape index (κ3) is 3.02. The van der Waals surface area contributed by atoms with Gasteiger partial charge < -0.3 is 9.30 Å². The standard InChI is InChI=1S/C22H21BrN6O/c1-22(28-12-11-24-14-28)9-8-16(15-6-7-19(30-2)17(23)13-15)21-26-20(27-29(21)22)18-5-3-4-10-25-18/h3-7,10-14,16H,8-9H2,1-2H3. The number of hydrogen-bond acceptors (Lipinski definition) is 5. The zero-order valence-corrected chi connectivity index (χ0v) is 18.3. The molecule has 0 fully saturated rings. The van der Waals surface area contributed by atoms with Crippen LogP contribution in [0, 0.1) is 0 Å². The number of hydrogen-bond donors (Lipinski definition) is 0. The van der Waals surface area contributed by atoms with Crippen LogP contribution >= 0.6 is 15.9 Å². The number of imidazole rings is 1. The number of nitrogens with zero attached hydrogens (tertiary/aromatic N) is 6. The van der Waals surface area contributed by atoms with Crippen molar-refractivity contribution in [3.8, 4) is 17.3 Å². The van der Waals surface area contributed by atoms with Gasteiger partial charge in [0.2, 0.25) is 0 Å². The molecule has 152 valence electrons. The Kier molecular flexibility index (Phi) is 4.66. The Balaban J connectivity index is 1.66. The van der Waals surface area contributed by atoms with Gasteiger partial charge in [0.05, 0.1) is 17.9 Å². The molecule has 0 saturated carbocycles. The molecule has 8 heteroatoms. The summed E-state index contributed by atoms with van der Waals surface area (Å²) in [5.41, 5.74) is 1.56. The normalized spacial score (nSPS) is 20.7. The first-order chi connectivity index (χ1) is 14.6. The van der Waals surface area contributed by atoms with Crippen LogP contribution in [0.5, 0.6) is 5.75 Å². The molecule has 7 nitrogen and oxygen atoms in total. The van der Waals surface area contributed by atoms with E-state index in [1.54, 1.807) is 19.5 Å². The van der Waals surface area contributed by atoms with Crippen LogP contribution in [-0.4, -0.2) is 36.4 Å². The Labute approximate surface area is 182 Å². The van der Waals surface area contributed by atoms with E-state index in [1.807, 2.05) is 41.5 Å². The van der Waals surface area contributed by atoms with Gasteiger partial charge in [-0.15, -0.1) is 5.10 Å². The Morgan fingerprint density at radius 3 is 2.80 bits per heavy atom. The Hall–Kier alpha value is -3.00. The van der Waals surface area contributed by atoms with E-state index < -0.39 is 0 Å². The number of halogens is 1. The van der Waals surface area contributed by atoms with Crippen LogP contribution in [0.1, 0.15) is 37.1 Å². The van der Waals surface area contributed by atoms with E-state index in [-0.39, 0.29) is 11.6 Å². The van der Waals surface area contributed by atoms with Gasteiger partial charge in [0.15, 0.2) is 5.82 Å². The summed E-state index contributed by atoms with van der Waals surface area (Å²) >= 11 is 3.62. The lowest BCUT2D eigenvalue weighted by Crippen LogP contribution is -2.43. The quantitative estimate of drug-likeness (QED) is 0.445. The maximum atomic E-state index is 5.40. The summed E-state index contributed by atoms with van der Waals surface area (Å²) in [6.45, 7) is 2.18. The topological polar surface area (TPSA) is 70.7 Å². The van der Waals surface area contributed by atoms with E-state index in [9.17, 15) is 0 Å². The van der Waals surface area contributed by atoms with Crippen molar-refractivity contribution in [1.29, 1.82) is 0 Å². The van der Waals surface area contributed by atoms with E-state index in [0.717, 1.165) is 34.6 Å². The molecule has 30 heavy (non-hydrogen) atoms. The minimum absolute atomic E-state index is 0.119. The van der Waals surface area contributed by atoms with Crippen molar-refractivity contribution in [2.75, 3.05) is 7.11 Å². The summed E-state index contributed by atoms with van der Waals surface area (Å²) in [4.78, 5) is 13.7. The molecule has 1 aliphatic rings. The monoisotopic (exact) mass is 464 g/mol. The predicted molar refractivity (Wildman–Crippen MR) is 116 cm³/mol. The van der Waals surface area contributed by atoms with E-state index in [1.165, 1.54) is 5.56 Å². The fourth-order valence-electron chi connectivity index (χ4n) is 4.16. The van der Waals surface area contributed by atoms with Gasteiger partial charge in [-0.25, -0.2) is 14.6 Å². The number of fused-ring (bicyclic) bond motifs is 1. The molecule has 2 unspecified atom stereocenters. The van der Waals surface area contributed by atoms with Gasteiger partial charge in [0.25, 0.3) is 0 Å². The minimum Gasteiger partial charge on any atom is -0.496 e. The number of benzene rings is 1. The molecule has 4 aromatic rings. The van der Waals surface area contributed by atoms with E-state index in [0.29, 0.717) is 5.82 Å². The molecule has 0 spiro atoms. The van der Waals surface area contributed by atoms with Gasteiger partial charge in [0.1, 0.15) is 22.9 Å². The lowest BCUT2D eigenvalue weighted by molar-refractivity contribution is 0.170. The van der Waals surface area contributed by atoms with Crippen LogP contribution in [0.2, 0.25) is 0 Å². The van der Waals surface area contributed by atoms with Gasteiger partial charge in [-0.05, 0) is 65.5 Å². The van der Waals surface area contributed by atoms with Crippen LogP contribution < -0.4 is 4.74 Å². The van der Waals surface area contributed by atoms with E-state index in [4.69, 9.17) is 14.8 Å². The molecule has 1 aliphatic heterocycles. The number of rotatable bonds is 4. The zero-order valence-electron chi connectivity index (χ0n) is 16.7. The second-order valence-electron chi connectivity index (χ2n) is 7.59. The summed E-state index contributed by atoms with van der Waals surface area (Å²) in [6.07, 6.45) is 9.23. The highest BCUT2D eigenvalue weighted by atomic mass is 79.9. The van der Waals surface area contributed by atoms with Crippen LogP contribution in [0.4, 0.5) is 0 Å². The van der Waals surface area contributed by atoms with Crippen LogP contribution in [-0.2, 0) is 5.66 Å². The SMILES string of the molecule is COc1ccc(C2CCC(C)(n3ccnc3)n3nc(-c4ccccn4)nc32)cc1Br. The molecular formula is C22H21BrN6O. The Morgan fingerprint density at radius 2 is 2.10 bits per heavy atom. The molecule has 0 radical (unpaired) electrons. The predicted octanol–water partition coefficient (Wildman–Crippen LogP) is 4.45. The molecule has 0 saturated heterocycles. The first-order valence-corrected chi connectivity index (χ1v) is 10.6. The van der Waals surface area contributed by atoms with Gasteiger partial charge in [-0.2, -0.15) is 0 Å². The van der Waals surface area contributed by atoms with E-state index in [2.05, 4.69) is 49.5 Å². The Morgan fingerprint density at radius 1 is 1.20 bits per heavy atom. The van der Waals surface area contributed by atoms with Gasteiger partial charge in [0, 0.05) is 24.5 Å². The summed E-state index contributed by atoms with van der Waals surface area (Å²) in [5.74, 6) is 2.49. The van der Waals surface area contributed by atoms with Crippen molar-refractivity contribution in [2.45, 2.75) is 31.3 Å². The molecule has 5 rings (SSSR count).